The van der Waals surface area contributed by atoms with Crippen molar-refractivity contribution in [2.24, 2.45) is 0 Å². The predicted octanol–water partition coefficient (Wildman–Crippen LogP) is 0.899. The number of fused-ring (bicyclic) bond motifs is 1. The molecule has 2 aromatic rings. The monoisotopic (exact) mass is 286 g/mol. The van der Waals surface area contributed by atoms with Gasteiger partial charge in [0.1, 0.15) is 0 Å². The van der Waals surface area contributed by atoms with E-state index < -0.39 is 0 Å². The molecule has 3 N–H and O–H groups in total. The van der Waals surface area contributed by atoms with Crippen LogP contribution < -0.4 is 16.0 Å². The molecule has 0 aliphatic heterocycles. The average molecular weight is 286 g/mol. The molecule has 0 spiro atoms. The molecule has 1 aromatic carbocycles. The number of nitrogens with one attached hydrogen (secondary N) is 3. The Morgan fingerprint density at radius 1 is 1.14 bits per heavy atom. The Balaban J connectivity index is 1.94. The van der Waals surface area contributed by atoms with Crippen molar-refractivity contribution in [3.8, 4) is 0 Å². The van der Waals surface area contributed by atoms with Crippen molar-refractivity contribution in [2.45, 2.75) is 6.42 Å². The first-order valence-electron chi connectivity index (χ1n) is 6.75. The molecule has 1 heterocycles. The number of hydrogen-bond donors (Lipinski definition) is 3. The quantitative estimate of drug-likeness (QED) is 0.737. The Labute approximate surface area is 122 Å². The topological polar surface area (TPSA) is 83.1 Å². The van der Waals surface area contributed by atoms with Gasteiger partial charge in [0, 0.05) is 24.5 Å². The molecule has 0 unspecified atom stereocenters. The molecular formula is C15H18N4O2. The Kier molecular flexibility index (Phi) is 5.22. The number of carbonyl (C=O) groups excluding carboxylic acids is 2. The maximum Gasteiger partial charge on any atom is 0.243 e. The van der Waals surface area contributed by atoms with E-state index >= 15 is 0 Å². The number of anilines is 1. The molecule has 6 nitrogen and oxygen atoms in total. The molecule has 21 heavy (non-hydrogen) atoms. The van der Waals surface area contributed by atoms with Crippen LogP contribution in [0.15, 0.2) is 36.5 Å². The lowest BCUT2D eigenvalue weighted by Gasteiger charge is -2.09. The highest BCUT2D eigenvalue weighted by molar-refractivity contribution is 6.01. The number of rotatable bonds is 6. The van der Waals surface area contributed by atoms with Gasteiger partial charge in [0.05, 0.1) is 17.7 Å². The van der Waals surface area contributed by atoms with Crippen LogP contribution in [0.1, 0.15) is 6.42 Å². The van der Waals surface area contributed by atoms with Gasteiger partial charge in [0.2, 0.25) is 11.8 Å². The lowest BCUT2D eigenvalue weighted by molar-refractivity contribution is -0.124. The average Bonchev–Trinajstić information content (AvgIpc) is 2.51. The van der Waals surface area contributed by atoms with Gasteiger partial charge in [0.25, 0.3) is 0 Å². The number of pyridine rings is 1. The van der Waals surface area contributed by atoms with Crippen LogP contribution in [0, 0.1) is 0 Å². The van der Waals surface area contributed by atoms with Crippen LogP contribution >= 0.6 is 0 Å². The van der Waals surface area contributed by atoms with Crippen molar-refractivity contribution in [2.75, 3.05) is 25.5 Å². The van der Waals surface area contributed by atoms with Gasteiger partial charge in [-0.15, -0.1) is 0 Å². The summed E-state index contributed by atoms with van der Waals surface area (Å²) in [6.07, 6.45) is 2.02. The summed E-state index contributed by atoms with van der Waals surface area (Å²) in [5.74, 6) is -0.429. The summed E-state index contributed by atoms with van der Waals surface area (Å²) in [7, 11) is 1.77. The van der Waals surface area contributed by atoms with Crippen LogP contribution in [-0.2, 0) is 9.59 Å². The smallest absolute Gasteiger partial charge is 0.243 e. The second kappa shape index (κ2) is 7.35. The molecule has 0 aliphatic rings. The van der Waals surface area contributed by atoms with Crippen molar-refractivity contribution in [3.05, 3.63) is 36.5 Å². The van der Waals surface area contributed by atoms with Gasteiger partial charge in [-0.1, -0.05) is 18.2 Å². The first kappa shape index (κ1) is 14.9. The van der Waals surface area contributed by atoms with Gasteiger partial charge in [-0.25, -0.2) is 0 Å². The van der Waals surface area contributed by atoms with E-state index in [2.05, 4.69) is 20.9 Å². The van der Waals surface area contributed by atoms with Gasteiger partial charge < -0.3 is 16.0 Å². The Morgan fingerprint density at radius 3 is 2.76 bits per heavy atom. The van der Waals surface area contributed by atoms with Gasteiger partial charge in [-0.05, 0) is 19.2 Å². The fourth-order valence-corrected chi connectivity index (χ4v) is 1.91. The van der Waals surface area contributed by atoms with Crippen LogP contribution in [-0.4, -0.2) is 36.9 Å². The molecule has 2 rings (SSSR count). The third kappa shape index (κ3) is 4.25. The van der Waals surface area contributed by atoms with Gasteiger partial charge >= 0.3 is 0 Å². The summed E-state index contributed by atoms with van der Waals surface area (Å²) in [5.41, 5.74) is 1.37. The molecule has 2 amide bonds. The van der Waals surface area contributed by atoms with Crippen molar-refractivity contribution in [1.29, 1.82) is 0 Å². The Morgan fingerprint density at radius 2 is 1.95 bits per heavy atom. The van der Waals surface area contributed by atoms with Crippen LogP contribution in [0.25, 0.3) is 10.9 Å². The van der Waals surface area contributed by atoms with Crippen molar-refractivity contribution < 1.29 is 9.59 Å². The van der Waals surface area contributed by atoms with Crippen molar-refractivity contribution >= 4 is 28.4 Å². The van der Waals surface area contributed by atoms with E-state index in [0.717, 1.165) is 10.9 Å². The zero-order chi connectivity index (χ0) is 15.1. The number of hydrogen-bond acceptors (Lipinski definition) is 4. The Bertz CT molecular complexity index is 637. The molecule has 0 fully saturated rings. The number of carbonyl (C=O) groups is 2. The van der Waals surface area contributed by atoms with Gasteiger partial charge in [0.15, 0.2) is 0 Å². The van der Waals surface area contributed by atoms with E-state index in [4.69, 9.17) is 0 Å². The molecule has 0 bridgehead atoms. The zero-order valence-corrected chi connectivity index (χ0v) is 11.8. The van der Waals surface area contributed by atoms with E-state index in [9.17, 15) is 9.59 Å². The van der Waals surface area contributed by atoms with E-state index in [0.29, 0.717) is 18.7 Å². The van der Waals surface area contributed by atoms with E-state index in [-0.39, 0.29) is 18.4 Å². The molecule has 0 atom stereocenters. The first-order valence-corrected chi connectivity index (χ1v) is 6.75. The number of nitrogens with zero attached hydrogens (tertiary/aromatic N) is 1. The summed E-state index contributed by atoms with van der Waals surface area (Å²) in [4.78, 5) is 27.6. The van der Waals surface area contributed by atoms with Crippen molar-refractivity contribution in [1.82, 2.24) is 15.6 Å². The van der Waals surface area contributed by atoms with Gasteiger partial charge in [-0.3, -0.25) is 14.6 Å². The summed E-state index contributed by atoms with van der Waals surface area (Å²) in [5, 5.41) is 9.17. The summed E-state index contributed by atoms with van der Waals surface area (Å²) in [6, 6.07) is 9.34. The lowest BCUT2D eigenvalue weighted by atomic mass is 10.2. The summed E-state index contributed by atoms with van der Waals surface area (Å²) >= 11 is 0. The first-order chi connectivity index (χ1) is 10.2. The predicted molar refractivity (Wildman–Crippen MR) is 81.9 cm³/mol. The molecule has 0 saturated carbocycles. The number of aromatic nitrogens is 1. The highest BCUT2D eigenvalue weighted by Crippen LogP contribution is 2.20. The minimum Gasteiger partial charge on any atom is -0.347 e. The minimum absolute atomic E-state index is 0.0498. The van der Waals surface area contributed by atoms with Crippen LogP contribution in [0.5, 0.6) is 0 Å². The second-order valence-corrected chi connectivity index (χ2v) is 4.56. The minimum atomic E-state index is -0.272. The lowest BCUT2D eigenvalue weighted by Crippen LogP contribution is -2.34. The number of para-hydroxylation sites is 1. The van der Waals surface area contributed by atoms with Crippen molar-refractivity contribution in [3.63, 3.8) is 0 Å². The molecule has 0 radical (unpaired) electrons. The van der Waals surface area contributed by atoms with E-state index in [1.807, 2.05) is 24.3 Å². The standard InChI is InChI=1S/C15H18N4O2/c1-16-9-7-13(20)18-10-14(21)19-12-6-2-4-11-5-3-8-17-15(11)12/h2-6,8,16H,7,9-10H2,1H3,(H,18,20)(H,19,21). The fraction of sp³-hybridized carbons (Fsp3) is 0.267. The summed E-state index contributed by atoms with van der Waals surface area (Å²) < 4.78 is 0. The van der Waals surface area contributed by atoms with Gasteiger partial charge in [-0.2, -0.15) is 0 Å². The number of amides is 2. The molecule has 1 aromatic heterocycles. The molecule has 110 valence electrons. The fourth-order valence-electron chi connectivity index (χ4n) is 1.91. The van der Waals surface area contributed by atoms with E-state index in [1.165, 1.54) is 0 Å². The maximum atomic E-state index is 11.9. The van der Waals surface area contributed by atoms with Crippen LogP contribution in [0.2, 0.25) is 0 Å². The highest BCUT2D eigenvalue weighted by Gasteiger charge is 2.08. The van der Waals surface area contributed by atoms with Crippen LogP contribution in [0.4, 0.5) is 5.69 Å². The molecule has 0 aliphatic carbocycles. The summed E-state index contributed by atoms with van der Waals surface area (Å²) in [6.45, 7) is 0.534. The Hall–Kier alpha value is -2.47. The second-order valence-electron chi connectivity index (χ2n) is 4.56. The molecule has 6 heteroatoms. The zero-order valence-electron chi connectivity index (χ0n) is 11.8. The largest absolute Gasteiger partial charge is 0.347 e. The SMILES string of the molecule is CNCCC(=O)NCC(=O)Nc1cccc2cccnc12. The third-order valence-electron chi connectivity index (χ3n) is 2.95. The molecular weight excluding hydrogens is 268 g/mol. The maximum absolute atomic E-state index is 11.9. The van der Waals surface area contributed by atoms with Crippen LogP contribution in [0.3, 0.4) is 0 Å². The third-order valence-corrected chi connectivity index (χ3v) is 2.95. The van der Waals surface area contributed by atoms with E-state index in [1.54, 1.807) is 19.3 Å². The highest BCUT2D eigenvalue weighted by atomic mass is 16.2. The number of benzene rings is 1. The normalized spacial score (nSPS) is 10.3. The molecule has 0 saturated heterocycles.